The van der Waals surface area contributed by atoms with Crippen LogP contribution in [-0.4, -0.2) is 29.6 Å². The maximum absolute atomic E-state index is 6.26. The molecule has 0 bridgehead atoms. The number of halogens is 2. The third-order valence-corrected chi connectivity index (χ3v) is 8.32. The zero-order valence-corrected chi connectivity index (χ0v) is 19.7. The van der Waals surface area contributed by atoms with Gasteiger partial charge in [-0.1, -0.05) is 54.1 Å². The maximum atomic E-state index is 6.26. The fourth-order valence-electron chi connectivity index (χ4n) is 4.76. The van der Waals surface area contributed by atoms with Crippen LogP contribution in [0.1, 0.15) is 43.0 Å². The molecule has 150 valence electrons. The van der Waals surface area contributed by atoms with Gasteiger partial charge in [-0.3, -0.25) is 0 Å². The zero-order valence-electron chi connectivity index (χ0n) is 15.9. The minimum absolute atomic E-state index is 0.285. The van der Waals surface area contributed by atoms with Gasteiger partial charge in [0.05, 0.1) is 6.10 Å². The SMILES string of the molecule is CCOC1CC(c2ccccc2)N(SI)[C@H]2CC(c3cccc(Cl)c3)NC[C@@H]12. The van der Waals surface area contributed by atoms with Gasteiger partial charge in [-0.25, -0.2) is 4.31 Å². The summed E-state index contributed by atoms with van der Waals surface area (Å²) in [6, 6.07) is 20.3. The molecule has 1 N–H and O–H groups in total. The fraction of sp³-hybridized carbons (Fsp3) is 0.455. The van der Waals surface area contributed by atoms with Crippen LogP contribution in [0.2, 0.25) is 5.02 Å². The van der Waals surface area contributed by atoms with E-state index < -0.39 is 0 Å². The lowest BCUT2D eigenvalue weighted by molar-refractivity contribution is -0.0661. The van der Waals surface area contributed by atoms with Crippen LogP contribution in [0.15, 0.2) is 54.6 Å². The van der Waals surface area contributed by atoms with Gasteiger partial charge < -0.3 is 10.1 Å². The van der Waals surface area contributed by atoms with Crippen molar-refractivity contribution in [2.24, 2.45) is 5.92 Å². The van der Waals surface area contributed by atoms with Gasteiger partial charge >= 0.3 is 0 Å². The Kier molecular flexibility index (Phi) is 7.23. The summed E-state index contributed by atoms with van der Waals surface area (Å²) in [5.74, 6) is 0.498. The molecule has 2 aliphatic rings. The average Bonchev–Trinajstić information content (AvgIpc) is 2.74. The van der Waals surface area contributed by atoms with Crippen molar-refractivity contribution >= 4 is 41.9 Å². The number of ether oxygens (including phenoxy) is 1. The molecule has 6 heteroatoms. The van der Waals surface area contributed by atoms with E-state index in [-0.39, 0.29) is 6.10 Å². The third kappa shape index (κ3) is 4.40. The summed E-state index contributed by atoms with van der Waals surface area (Å²) in [5, 5.41) is 4.58. The predicted octanol–water partition coefficient (Wildman–Crippen LogP) is 6.21. The summed E-state index contributed by atoms with van der Waals surface area (Å²) in [6.45, 7) is 3.85. The van der Waals surface area contributed by atoms with E-state index in [0.717, 1.165) is 31.0 Å². The van der Waals surface area contributed by atoms with Crippen LogP contribution in [0.3, 0.4) is 0 Å². The highest BCUT2D eigenvalue weighted by Crippen LogP contribution is 2.48. The Morgan fingerprint density at radius 1 is 1.14 bits per heavy atom. The monoisotopic (exact) mass is 528 g/mol. The molecule has 4 rings (SSSR count). The molecule has 2 saturated heterocycles. The van der Waals surface area contributed by atoms with E-state index in [0.29, 0.717) is 24.0 Å². The number of nitrogens with zero attached hydrogens (tertiary/aromatic N) is 1. The van der Waals surface area contributed by atoms with Crippen molar-refractivity contribution in [3.05, 3.63) is 70.7 Å². The summed E-state index contributed by atoms with van der Waals surface area (Å²) in [4.78, 5) is 0. The van der Waals surface area contributed by atoms with Crippen LogP contribution < -0.4 is 5.32 Å². The molecule has 0 aliphatic carbocycles. The van der Waals surface area contributed by atoms with Gasteiger partial charge in [0, 0.05) is 63.4 Å². The Labute approximate surface area is 189 Å². The molecule has 0 spiro atoms. The second-order valence-corrected chi connectivity index (χ2v) is 9.75. The molecular weight excluding hydrogens is 503 g/mol. The van der Waals surface area contributed by atoms with E-state index in [1.165, 1.54) is 11.1 Å². The van der Waals surface area contributed by atoms with Crippen molar-refractivity contribution in [1.82, 2.24) is 9.62 Å². The number of rotatable bonds is 5. The molecule has 3 nitrogen and oxygen atoms in total. The van der Waals surface area contributed by atoms with Gasteiger partial charge in [0.25, 0.3) is 0 Å². The highest BCUT2D eigenvalue weighted by Gasteiger charge is 2.47. The minimum atomic E-state index is 0.285. The summed E-state index contributed by atoms with van der Waals surface area (Å²) in [7, 11) is 1.85. The molecular formula is C22H26ClIN2OS. The molecule has 2 fully saturated rings. The van der Waals surface area contributed by atoms with Crippen LogP contribution >= 0.6 is 41.9 Å². The second kappa shape index (κ2) is 9.67. The van der Waals surface area contributed by atoms with E-state index in [1.54, 1.807) is 0 Å². The van der Waals surface area contributed by atoms with Crippen molar-refractivity contribution in [3.8, 4) is 0 Å². The largest absolute Gasteiger partial charge is 0.378 e. The lowest BCUT2D eigenvalue weighted by Crippen LogP contribution is -2.57. The maximum Gasteiger partial charge on any atom is 0.0649 e. The molecule has 0 amide bonds. The molecule has 5 atom stereocenters. The Morgan fingerprint density at radius 3 is 2.64 bits per heavy atom. The van der Waals surface area contributed by atoms with Crippen molar-refractivity contribution in [2.75, 3.05) is 13.2 Å². The number of nitrogens with one attached hydrogen (secondary N) is 1. The second-order valence-electron chi connectivity index (χ2n) is 7.57. The number of hydrogen-bond donors (Lipinski definition) is 1. The van der Waals surface area contributed by atoms with Crippen molar-refractivity contribution in [2.45, 2.75) is 44.0 Å². The lowest BCUT2D eigenvalue weighted by atomic mass is 9.76. The van der Waals surface area contributed by atoms with Crippen LogP contribution in [0, 0.1) is 5.92 Å². The molecule has 0 saturated carbocycles. The van der Waals surface area contributed by atoms with Gasteiger partial charge in [-0.2, -0.15) is 0 Å². The van der Waals surface area contributed by atoms with Gasteiger partial charge in [0.1, 0.15) is 0 Å². The smallest absolute Gasteiger partial charge is 0.0649 e. The quantitative estimate of drug-likeness (QED) is 0.368. The molecule has 2 heterocycles. The van der Waals surface area contributed by atoms with Gasteiger partial charge in [0.15, 0.2) is 0 Å². The van der Waals surface area contributed by atoms with E-state index in [9.17, 15) is 0 Å². The summed E-state index contributed by atoms with van der Waals surface area (Å²) >= 11 is 8.72. The summed E-state index contributed by atoms with van der Waals surface area (Å²) in [6.07, 6.45) is 2.39. The molecule has 3 unspecified atom stereocenters. The van der Waals surface area contributed by atoms with Crippen LogP contribution in [-0.2, 0) is 4.74 Å². The summed E-state index contributed by atoms with van der Waals surface area (Å²) in [5.41, 5.74) is 2.66. The van der Waals surface area contributed by atoms with Crippen LogP contribution in [0.25, 0.3) is 0 Å². The number of piperidine rings is 2. The van der Waals surface area contributed by atoms with E-state index in [1.807, 2.05) is 21.3 Å². The first kappa shape index (κ1) is 20.9. The third-order valence-electron chi connectivity index (χ3n) is 6.03. The Hall–Kier alpha value is -0.310. The Balaban J connectivity index is 1.63. The van der Waals surface area contributed by atoms with Crippen LogP contribution in [0.5, 0.6) is 0 Å². The molecule has 0 aromatic heterocycles. The highest BCUT2D eigenvalue weighted by atomic mass is 127. The number of fused-ring (bicyclic) bond motifs is 1. The van der Waals surface area contributed by atoms with Gasteiger partial charge in [0.2, 0.25) is 0 Å². The van der Waals surface area contributed by atoms with Crippen molar-refractivity contribution < 1.29 is 4.74 Å². The van der Waals surface area contributed by atoms with E-state index >= 15 is 0 Å². The molecule has 2 aliphatic heterocycles. The van der Waals surface area contributed by atoms with Gasteiger partial charge in [-0.05, 0) is 52.1 Å². The molecule has 2 aromatic carbocycles. The highest BCUT2D eigenvalue weighted by molar-refractivity contribution is 14.2. The minimum Gasteiger partial charge on any atom is -0.378 e. The first-order valence-electron chi connectivity index (χ1n) is 9.93. The normalized spacial score (nSPS) is 30.8. The first-order valence-corrected chi connectivity index (χ1v) is 13.6. The van der Waals surface area contributed by atoms with E-state index in [2.05, 4.69) is 80.2 Å². The molecule has 0 radical (unpaired) electrons. The Bertz CT molecular complexity index is 780. The predicted molar refractivity (Wildman–Crippen MR) is 127 cm³/mol. The Morgan fingerprint density at radius 2 is 1.93 bits per heavy atom. The average molecular weight is 529 g/mol. The zero-order chi connectivity index (χ0) is 19.5. The molecule has 28 heavy (non-hydrogen) atoms. The molecule has 2 aromatic rings. The fourth-order valence-corrected chi connectivity index (χ4v) is 7.30. The van der Waals surface area contributed by atoms with Crippen LogP contribution in [0.4, 0.5) is 0 Å². The van der Waals surface area contributed by atoms with Gasteiger partial charge in [-0.15, -0.1) is 0 Å². The standard InChI is InChI=1S/C22H26ClIN2OS/c1-2-27-22-13-20(15-7-4-3-5-8-15)26(28-24)21-12-19(25-14-18(21)22)16-9-6-10-17(23)11-16/h3-11,18-22,25H,2,12-14H2,1H3/t18-,19?,20?,21+,22?/m1/s1. The van der Waals surface area contributed by atoms with E-state index in [4.69, 9.17) is 16.3 Å². The van der Waals surface area contributed by atoms with Crippen molar-refractivity contribution in [3.63, 3.8) is 0 Å². The number of benzene rings is 2. The topological polar surface area (TPSA) is 24.5 Å². The number of hydrogen-bond acceptors (Lipinski definition) is 4. The lowest BCUT2D eigenvalue weighted by Gasteiger charge is -2.52. The first-order chi connectivity index (χ1) is 13.7. The summed E-state index contributed by atoms with van der Waals surface area (Å²) < 4.78 is 8.88. The van der Waals surface area contributed by atoms with Crippen molar-refractivity contribution in [1.29, 1.82) is 0 Å².